The number of carbonyl (C=O) groups excluding carboxylic acids is 1. The van der Waals surface area contributed by atoms with Gasteiger partial charge in [-0.15, -0.1) is 0 Å². The van der Waals surface area contributed by atoms with Crippen LogP contribution < -0.4 is 10.1 Å². The molecule has 1 aromatic rings. The second-order valence-electron chi connectivity index (χ2n) is 5.39. The molecule has 0 aromatic heterocycles. The van der Waals surface area contributed by atoms with Crippen molar-refractivity contribution in [2.24, 2.45) is 0 Å². The number of benzene rings is 1. The number of ether oxygens (including phenoxy) is 1. The highest BCUT2D eigenvalue weighted by molar-refractivity contribution is 5.75. The predicted octanol–water partition coefficient (Wildman–Crippen LogP) is 2.46. The molecule has 0 unspecified atom stereocenters. The lowest BCUT2D eigenvalue weighted by Gasteiger charge is -2.29. The van der Waals surface area contributed by atoms with Crippen LogP contribution in [0.2, 0.25) is 0 Å². The van der Waals surface area contributed by atoms with Crippen molar-refractivity contribution in [1.82, 2.24) is 10.2 Å². The quantitative estimate of drug-likeness (QED) is 0.890. The Bertz CT molecular complexity index is 534. The molecule has 0 saturated carbocycles. The number of rotatable bonds is 4. The molecule has 0 spiro atoms. The molecule has 128 valence electrons. The molecule has 1 aliphatic rings. The van der Waals surface area contributed by atoms with Gasteiger partial charge in [0.1, 0.15) is 12.3 Å². The van der Waals surface area contributed by atoms with E-state index >= 15 is 0 Å². The van der Waals surface area contributed by atoms with Crippen molar-refractivity contribution in [3.05, 3.63) is 29.8 Å². The summed E-state index contributed by atoms with van der Waals surface area (Å²) in [4.78, 5) is 13.2. The Morgan fingerprint density at radius 2 is 2.09 bits per heavy atom. The summed E-state index contributed by atoms with van der Waals surface area (Å²) in [5.41, 5.74) is 0.589. The third-order valence-electron chi connectivity index (χ3n) is 3.82. The Morgan fingerprint density at radius 3 is 2.65 bits per heavy atom. The summed E-state index contributed by atoms with van der Waals surface area (Å²) in [7, 11) is 1.52. The number of amides is 2. The van der Waals surface area contributed by atoms with Crippen LogP contribution in [0.5, 0.6) is 5.75 Å². The first-order chi connectivity index (χ1) is 10.8. The number of aliphatic hydroxyl groups is 1. The van der Waals surface area contributed by atoms with Gasteiger partial charge in [-0.1, -0.05) is 12.1 Å². The van der Waals surface area contributed by atoms with Crippen LogP contribution in [-0.4, -0.2) is 48.5 Å². The SMILES string of the molecule is COc1ccc([C@H](O)[C@H]2CCCN2C(=O)NCC(F)(F)F)cc1. The van der Waals surface area contributed by atoms with Gasteiger partial charge in [0.2, 0.25) is 0 Å². The van der Waals surface area contributed by atoms with Crippen LogP contribution >= 0.6 is 0 Å². The summed E-state index contributed by atoms with van der Waals surface area (Å²) in [5.74, 6) is 0.632. The van der Waals surface area contributed by atoms with Crippen molar-refractivity contribution in [2.75, 3.05) is 20.2 Å². The summed E-state index contributed by atoms with van der Waals surface area (Å²) < 4.78 is 41.6. The summed E-state index contributed by atoms with van der Waals surface area (Å²) in [6.07, 6.45) is -4.25. The van der Waals surface area contributed by atoms with Gasteiger partial charge >= 0.3 is 12.2 Å². The minimum atomic E-state index is -4.46. The Labute approximate surface area is 132 Å². The van der Waals surface area contributed by atoms with Crippen LogP contribution in [0.1, 0.15) is 24.5 Å². The third kappa shape index (κ3) is 4.51. The summed E-state index contributed by atoms with van der Waals surface area (Å²) in [6.45, 7) is -1.06. The Hall–Kier alpha value is -1.96. The smallest absolute Gasteiger partial charge is 0.405 e. The number of halogens is 3. The number of likely N-dealkylation sites (tertiary alicyclic amines) is 1. The average molecular weight is 332 g/mol. The first-order valence-corrected chi connectivity index (χ1v) is 7.25. The fourth-order valence-electron chi connectivity index (χ4n) is 2.67. The van der Waals surface area contributed by atoms with Gasteiger partial charge in [-0.2, -0.15) is 13.2 Å². The van der Waals surface area contributed by atoms with Gasteiger partial charge in [-0.25, -0.2) is 4.79 Å². The Kier molecular flexibility index (Phi) is 5.35. The second-order valence-corrected chi connectivity index (χ2v) is 5.39. The molecule has 2 N–H and O–H groups in total. The van der Waals surface area contributed by atoms with Crippen LogP contribution in [0.4, 0.5) is 18.0 Å². The number of hydrogen-bond donors (Lipinski definition) is 2. The topological polar surface area (TPSA) is 61.8 Å². The normalized spacial score (nSPS) is 19.5. The van der Waals surface area contributed by atoms with Crippen LogP contribution in [0.3, 0.4) is 0 Å². The highest BCUT2D eigenvalue weighted by Gasteiger charge is 2.36. The zero-order chi connectivity index (χ0) is 17.0. The van der Waals surface area contributed by atoms with Crippen molar-refractivity contribution in [2.45, 2.75) is 31.2 Å². The van der Waals surface area contributed by atoms with E-state index in [2.05, 4.69) is 0 Å². The lowest BCUT2D eigenvalue weighted by atomic mass is 10.0. The van der Waals surface area contributed by atoms with Crippen LogP contribution in [0.15, 0.2) is 24.3 Å². The number of hydrogen-bond acceptors (Lipinski definition) is 3. The molecule has 2 atom stereocenters. The van der Waals surface area contributed by atoms with Crippen molar-refractivity contribution in [3.63, 3.8) is 0 Å². The molecule has 5 nitrogen and oxygen atoms in total. The maximum absolute atomic E-state index is 12.2. The minimum Gasteiger partial charge on any atom is -0.497 e. The first kappa shape index (κ1) is 17.4. The number of nitrogens with one attached hydrogen (secondary N) is 1. The van der Waals surface area contributed by atoms with E-state index in [1.54, 1.807) is 24.3 Å². The molecule has 2 rings (SSSR count). The standard InChI is InChI=1S/C15H19F3N2O3/c1-23-11-6-4-10(5-7-11)13(21)12-3-2-8-20(12)14(22)19-9-15(16,17)18/h4-7,12-13,21H,2-3,8-9H2,1H3,(H,19,22)/t12-,13+/m1/s1. The number of nitrogens with zero attached hydrogens (tertiary/aromatic N) is 1. The average Bonchev–Trinajstić information content (AvgIpc) is 3.01. The third-order valence-corrected chi connectivity index (χ3v) is 3.82. The molecule has 1 saturated heterocycles. The second kappa shape index (κ2) is 7.08. The Morgan fingerprint density at radius 1 is 1.43 bits per heavy atom. The van der Waals surface area contributed by atoms with Gasteiger partial charge in [0.25, 0.3) is 0 Å². The molecule has 2 amide bonds. The molecule has 1 fully saturated rings. The van der Waals surface area contributed by atoms with E-state index in [1.165, 1.54) is 12.0 Å². The van der Waals surface area contributed by atoms with Gasteiger partial charge in [0.15, 0.2) is 0 Å². The molecule has 1 heterocycles. The van der Waals surface area contributed by atoms with Crippen molar-refractivity contribution in [3.8, 4) is 5.75 Å². The van der Waals surface area contributed by atoms with Crippen molar-refractivity contribution < 1.29 is 27.8 Å². The van der Waals surface area contributed by atoms with Crippen LogP contribution in [-0.2, 0) is 0 Å². The van der Waals surface area contributed by atoms with E-state index in [0.29, 0.717) is 30.7 Å². The highest BCUT2D eigenvalue weighted by Crippen LogP contribution is 2.30. The van der Waals surface area contributed by atoms with Gasteiger partial charge in [0.05, 0.1) is 19.3 Å². The lowest BCUT2D eigenvalue weighted by Crippen LogP contribution is -2.47. The molecule has 0 radical (unpaired) electrons. The molecule has 1 aromatic carbocycles. The maximum atomic E-state index is 12.2. The predicted molar refractivity (Wildman–Crippen MR) is 77.1 cm³/mol. The molecule has 0 bridgehead atoms. The van der Waals surface area contributed by atoms with E-state index in [4.69, 9.17) is 4.74 Å². The Balaban J connectivity index is 2.03. The number of methoxy groups -OCH3 is 1. The van der Waals surface area contributed by atoms with Gasteiger partial charge in [-0.3, -0.25) is 0 Å². The summed E-state index contributed by atoms with van der Waals surface area (Å²) >= 11 is 0. The van der Waals surface area contributed by atoms with Crippen LogP contribution in [0, 0.1) is 0 Å². The molecular weight excluding hydrogens is 313 g/mol. The largest absolute Gasteiger partial charge is 0.497 e. The van der Waals surface area contributed by atoms with E-state index in [1.807, 2.05) is 5.32 Å². The highest BCUT2D eigenvalue weighted by atomic mass is 19.4. The van der Waals surface area contributed by atoms with Crippen molar-refractivity contribution >= 4 is 6.03 Å². The van der Waals surface area contributed by atoms with Crippen molar-refractivity contribution in [1.29, 1.82) is 0 Å². The van der Waals surface area contributed by atoms with Crippen LogP contribution in [0.25, 0.3) is 0 Å². The fraction of sp³-hybridized carbons (Fsp3) is 0.533. The van der Waals surface area contributed by atoms with E-state index in [0.717, 1.165) is 0 Å². The zero-order valence-corrected chi connectivity index (χ0v) is 12.6. The minimum absolute atomic E-state index is 0.321. The van der Waals surface area contributed by atoms with Gasteiger partial charge in [0, 0.05) is 6.54 Å². The van der Waals surface area contributed by atoms with Gasteiger partial charge in [-0.05, 0) is 30.5 Å². The summed E-state index contributed by atoms with van der Waals surface area (Å²) in [6, 6.07) is 5.36. The number of aliphatic hydroxyl groups excluding tert-OH is 1. The van der Waals surface area contributed by atoms with E-state index in [-0.39, 0.29) is 0 Å². The monoisotopic (exact) mass is 332 g/mol. The number of urea groups is 1. The molecule has 1 aliphatic heterocycles. The zero-order valence-electron chi connectivity index (χ0n) is 12.6. The number of carbonyl (C=O) groups is 1. The molecule has 8 heteroatoms. The number of alkyl halides is 3. The molecule has 23 heavy (non-hydrogen) atoms. The summed E-state index contributed by atoms with van der Waals surface area (Å²) in [5, 5.41) is 12.3. The maximum Gasteiger partial charge on any atom is 0.405 e. The van der Waals surface area contributed by atoms with E-state index < -0.39 is 30.9 Å². The van der Waals surface area contributed by atoms with E-state index in [9.17, 15) is 23.1 Å². The molecule has 0 aliphatic carbocycles. The fourth-order valence-corrected chi connectivity index (χ4v) is 2.67. The first-order valence-electron chi connectivity index (χ1n) is 7.25. The molecular formula is C15H19F3N2O3. The van der Waals surface area contributed by atoms with Gasteiger partial charge < -0.3 is 20.1 Å². The lowest BCUT2D eigenvalue weighted by molar-refractivity contribution is -0.123.